The highest BCUT2D eigenvalue weighted by Crippen LogP contribution is 2.14. The Morgan fingerprint density at radius 2 is 0.696 bits per heavy atom. The zero-order chi connectivity index (χ0) is 33.8. The molecule has 0 aliphatic heterocycles. The number of aliphatic hydroxyl groups is 2. The normalized spacial score (nSPS) is 11.5. The molecule has 6 heteroatoms. The molecule has 0 bridgehead atoms. The maximum atomic E-state index is 12.9. The van der Waals surface area contributed by atoms with Gasteiger partial charge in [-0.1, -0.05) is 154 Å². The van der Waals surface area contributed by atoms with Gasteiger partial charge in [0.15, 0.2) is 0 Å². The maximum absolute atomic E-state index is 12.9. The Kier molecular flexibility index (Phi) is 35.3. The standard InChI is InChI=1S/C40H78N2O4/c1-3-5-7-9-11-13-15-17-18-20-22-24-26-28-30-32-40(46)42(36-38-44)34-33-41(35-37-43)39(45)31-29-27-25-23-21-19-16-14-12-10-8-6-4-2/h17-18,43-44H,3-16,19-38H2,1-2H3/b18-17-. The molecule has 0 heterocycles. The predicted molar refractivity (Wildman–Crippen MR) is 197 cm³/mol. The van der Waals surface area contributed by atoms with Gasteiger partial charge in [-0.25, -0.2) is 0 Å². The number of unbranched alkanes of at least 4 members (excludes halogenated alkanes) is 23. The Morgan fingerprint density at radius 3 is 1.00 bits per heavy atom. The second kappa shape index (κ2) is 36.4. The van der Waals surface area contributed by atoms with Crippen LogP contribution >= 0.6 is 0 Å². The molecule has 0 aromatic rings. The number of rotatable bonds is 36. The summed E-state index contributed by atoms with van der Waals surface area (Å²) in [6.45, 7) is 5.79. The number of carbonyl (C=O) groups excluding carboxylic acids is 2. The third kappa shape index (κ3) is 30.0. The number of hydrogen-bond donors (Lipinski definition) is 2. The van der Waals surface area contributed by atoms with E-state index in [0.29, 0.717) is 39.0 Å². The first kappa shape index (κ1) is 44.6. The fraction of sp³-hybridized carbons (Fsp3) is 0.900. The first-order valence-electron chi connectivity index (χ1n) is 20.0. The minimum absolute atomic E-state index is 0.0552. The third-order valence-electron chi connectivity index (χ3n) is 9.23. The van der Waals surface area contributed by atoms with E-state index in [1.54, 1.807) is 9.80 Å². The first-order chi connectivity index (χ1) is 22.6. The van der Waals surface area contributed by atoms with Crippen molar-refractivity contribution in [3.05, 3.63) is 12.2 Å². The van der Waals surface area contributed by atoms with Gasteiger partial charge in [0.05, 0.1) is 13.2 Å². The molecule has 0 saturated carbocycles. The summed E-state index contributed by atoms with van der Waals surface area (Å²) >= 11 is 0. The lowest BCUT2D eigenvalue weighted by Gasteiger charge is -2.27. The van der Waals surface area contributed by atoms with Crippen LogP contribution in [0.1, 0.15) is 194 Å². The molecule has 0 aliphatic carbocycles. The van der Waals surface area contributed by atoms with E-state index in [-0.39, 0.29) is 25.0 Å². The average Bonchev–Trinajstić information content (AvgIpc) is 3.06. The largest absolute Gasteiger partial charge is 0.395 e. The Hall–Kier alpha value is -1.40. The average molecular weight is 651 g/mol. The van der Waals surface area contributed by atoms with Crippen molar-refractivity contribution in [1.29, 1.82) is 0 Å². The van der Waals surface area contributed by atoms with Crippen molar-refractivity contribution < 1.29 is 19.8 Å². The van der Waals surface area contributed by atoms with Crippen LogP contribution in [0.3, 0.4) is 0 Å². The highest BCUT2D eigenvalue weighted by Gasteiger charge is 2.17. The van der Waals surface area contributed by atoms with E-state index in [9.17, 15) is 19.8 Å². The minimum atomic E-state index is -0.0784. The summed E-state index contributed by atoms with van der Waals surface area (Å²) in [5.74, 6) is 0.116. The van der Waals surface area contributed by atoms with Gasteiger partial charge in [-0.05, 0) is 38.5 Å². The zero-order valence-corrected chi connectivity index (χ0v) is 30.8. The first-order valence-corrected chi connectivity index (χ1v) is 20.0. The summed E-state index contributed by atoms with van der Waals surface area (Å²) in [4.78, 5) is 29.1. The van der Waals surface area contributed by atoms with Gasteiger partial charge in [0.2, 0.25) is 11.8 Å². The smallest absolute Gasteiger partial charge is 0.222 e. The number of carbonyl (C=O) groups is 2. The molecule has 0 radical (unpaired) electrons. The monoisotopic (exact) mass is 651 g/mol. The molecule has 0 rings (SSSR count). The molecular formula is C40H78N2O4. The van der Waals surface area contributed by atoms with E-state index >= 15 is 0 Å². The molecule has 0 aromatic heterocycles. The lowest BCUT2D eigenvalue weighted by Crippen LogP contribution is -2.43. The van der Waals surface area contributed by atoms with Crippen molar-refractivity contribution in [2.45, 2.75) is 194 Å². The van der Waals surface area contributed by atoms with Gasteiger partial charge in [-0.15, -0.1) is 0 Å². The molecule has 0 saturated heterocycles. The Morgan fingerprint density at radius 1 is 0.413 bits per heavy atom. The van der Waals surface area contributed by atoms with Crippen molar-refractivity contribution in [1.82, 2.24) is 9.80 Å². The van der Waals surface area contributed by atoms with Gasteiger partial charge in [-0.2, -0.15) is 0 Å². The summed E-state index contributed by atoms with van der Waals surface area (Å²) in [7, 11) is 0. The summed E-state index contributed by atoms with van der Waals surface area (Å²) in [6, 6.07) is 0. The van der Waals surface area contributed by atoms with Gasteiger partial charge in [0, 0.05) is 39.0 Å². The van der Waals surface area contributed by atoms with Gasteiger partial charge < -0.3 is 20.0 Å². The quantitative estimate of drug-likeness (QED) is 0.0522. The second-order valence-electron chi connectivity index (χ2n) is 13.5. The topological polar surface area (TPSA) is 81.1 Å². The molecule has 0 atom stereocenters. The zero-order valence-electron chi connectivity index (χ0n) is 30.8. The van der Waals surface area contributed by atoms with Gasteiger partial charge in [-0.3, -0.25) is 9.59 Å². The van der Waals surface area contributed by atoms with Crippen LogP contribution in [0, 0.1) is 0 Å². The van der Waals surface area contributed by atoms with Crippen LogP contribution in [0.25, 0.3) is 0 Å². The fourth-order valence-electron chi connectivity index (χ4n) is 6.16. The van der Waals surface area contributed by atoms with E-state index in [2.05, 4.69) is 26.0 Å². The van der Waals surface area contributed by atoms with Gasteiger partial charge in [0.1, 0.15) is 0 Å². The van der Waals surface area contributed by atoms with Gasteiger partial charge in [0.25, 0.3) is 0 Å². The molecule has 0 unspecified atom stereocenters. The number of amides is 2. The number of nitrogens with zero attached hydrogens (tertiary/aromatic N) is 2. The highest BCUT2D eigenvalue weighted by molar-refractivity contribution is 5.77. The number of allylic oxidation sites excluding steroid dienone is 2. The van der Waals surface area contributed by atoms with Crippen LogP contribution in [0.5, 0.6) is 0 Å². The Balaban J connectivity index is 4.01. The van der Waals surface area contributed by atoms with E-state index < -0.39 is 0 Å². The molecular weight excluding hydrogens is 572 g/mol. The lowest BCUT2D eigenvalue weighted by atomic mass is 10.0. The predicted octanol–water partition coefficient (Wildman–Crippen LogP) is 10.1. The van der Waals surface area contributed by atoms with Crippen LogP contribution in [-0.4, -0.2) is 71.2 Å². The van der Waals surface area contributed by atoms with Crippen molar-refractivity contribution in [3.63, 3.8) is 0 Å². The molecule has 2 amide bonds. The van der Waals surface area contributed by atoms with E-state index in [1.165, 1.54) is 128 Å². The van der Waals surface area contributed by atoms with Crippen LogP contribution in [0.4, 0.5) is 0 Å². The van der Waals surface area contributed by atoms with Crippen LogP contribution < -0.4 is 0 Å². The molecule has 272 valence electrons. The molecule has 6 nitrogen and oxygen atoms in total. The third-order valence-corrected chi connectivity index (χ3v) is 9.23. The van der Waals surface area contributed by atoms with Crippen LogP contribution in [0.15, 0.2) is 12.2 Å². The highest BCUT2D eigenvalue weighted by atomic mass is 16.3. The lowest BCUT2D eigenvalue weighted by molar-refractivity contribution is -0.136. The number of aliphatic hydroxyl groups excluding tert-OH is 2. The van der Waals surface area contributed by atoms with Crippen LogP contribution in [0.2, 0.25) is 0 Å². The molecule has 2 N–H and O–H groups in total. The molecule has 0 spiro atoms. The van der Waals surface area contributed by atoms with Crippen molar-refractivity contribution >= 4 is 11.8 Å². The SMILES string of the molecule is CCCCCCCC/C=C\CCCCCCCC(=O)N(CCO)CCN(CCO)C(=O)CCCCCCCCCCCCCCC. The van der Waals surface area contributed by atoms with Crippen molar-refractivity contribution in [2.75, 3.05) is 39.4 Å². The fourth-order valence-corrected chi connectivity index (χ4v) is 6.16. The summed E-state index contributed by atoms with van der Waals surface area (Å²) in [5.41, 5.74) is 0. The molecule has 0 aromatic carbocycles. The molecule has 0 aliphatic rings. The maximum Gasteiger partial charge on any atom is 0.222 e. The Bertz CT molecular complexity index is 684. The van der Waals surface area contributed by atoms with Gasteiger partial charge >= 0.3 is 0 Å². The molecule has 0 fully saturated rings. The van der Waals surface area contributed by atoms with Crippen molar-refractivity contribution in [3.8, 4) is 0 Å². The second-order valence-corrected chi connectivity index (χ2v) is 13.5. The molecule has 46 heavy (non-hydrogen) atoms. The Labute approximate surface area is 286 Å². The van der Waals surface area contributed by atoms with Crippen LogP contribution in [-0.2, 0) is 9.59 Å². The summed E-state index contributed by atoms with van der Waals surface area (Å²) < 4.78 is 0. The summed E-state index contributed by atoms with van der Waals surface area (Å²) in [6.07, 6.45) is 38.2. The number of hydrogen-bond acceptors (Lipinski definition) is 4. The van der Waals surface area contributed by atoms with E-state index in [4.69, 9.17) is 0 Å². The van der Waals surface area contributed by atoms with E-state index in [0.717, 1.165) is 38.5 Å². The van der Waals surface area contributed by atoms with E-state index in [1.807, 2.05) is 0 Å². The minimum Gasteiger partial charge on any atom is -0.395 e. The summed E-state index contributed by atoms with van der Waals surface area (Å²) in [5, 5.41) is 19.1. The van der Waals surface area contributed by atoms with Crippen molar-refractivity contribution in [2.24, 2.45) is 0 Å².